The number of methoxy groups -OCH3 is 2. The van der Waals surface area contributed by atoms with E-state index in [0.717, 1.165) is 27.8 Å². The highest BCUT2D eigenvalue weighted by molar-refractivity contribution is 6.15. The van der Waals surface area contributed by atoms with Crippen LogP contribution in [-0.4, -0.2) is 24.6 Å². The number of Topliss-reactive ketones (excluding diaryl/α,β-unsaturated/α-hetero) is 1. The normalized spacial score (nSPS) is 14.6. The molecule has 0 radical (unpaired) electrons. The van der Waals surface area contributed by atoms with Gasteiger partial charge in [-0.15, -0.1) is 0 Å². The molecule has 0 saturated heterocycles. The van der Waals surface area contributed by atoms with E-state index in [0.29, 0.717) is 22.8 Å². The van der Waals surface area contributed by atoms with Crippen LogP contribution >= 0.6 is 0 Å². The minimum absolute atomic E-state index is 0.120. The summed E-state index contributed by atoms with van der Waals surface area (Å²) in [5, 5.41) is 1.00. The zero-order valence-corrected chi connectivity index (χ0v) is 15.1. The van der Waals surface area contributed by atoms with Gasteiger partial charge in [0.05, 0.1) is 19.8 Å². The van der Waals surface area contributed by atoms with Crippen LogP contribution in [0.4, 0.5) is 0 Å². The van der Waals surface area contributed by atoms with Gasteiger partial charge in [0.2, 0.25) is 5.78 Å². The highest BCUT2D eigenvalue weighted by Crippen LogP contribution is 2.39. The van der Waals surface area contributed by atoms with E-state index < -0.39 is 0 Å². The molecule has 1 aliphatic rings. The van der Waals surface area contributed by atoms with E-state index in [9.17, 15) is 4.79 Å². The molecule has 3 aromatic rings. The van der Waals surface area contributed by atoms with Crippen LogP contribution in [0.2, 0.25) is 0 Å². The monoisotopic (exact) mass is 349 g/mol. The van der Waals surface area contributed by atoms with Crippen LogP contribution in [-0.2, 0) is 7.05 Å². The number of fused-ring (bicyclic) bond motifs is 2. The molecule has 0 amide bonds. The van der Waals surface area contributed by atoms with Crippen LogP contribution in [0.15, 0.2) is 42.3 Å². The van der Waals surface area contributed by atoms with Crippen molar-refractivity contribution < 1.29 is 19.0 Å². The second-order valence-corrected chi connectivity index (χ2v) is 6.29. The molecule has 5 heteroatoms. The summed E-state index contributed by atoms with van der Waals surface area (Å²) in [6, 6.07) is 9.42. The fraction of sp³-hybridized carbons (Fsp3) is 0.190. The summed E-state index contributed by atoms with van der Waals surface area (Å²) in [6.07, 6.45) is 3.76. The first-order valence-electron chi connectivity index (χ1n) is 8.28. The maximum absolute atomic E-state index is 12.8. The molecular formula is C21H19NO4. The number of aryl methyl sites for hydroxylation is 1. The molecule has 0 bridgehead atoms. The van der Waals surface area contributed by atoms with E-state index in [1.54, 1.807) is 32.4 Å². The topological polar surface area (TPSA) is 49.7 Å². The van der Waals surface area contributed by atoms with Gasteiger partial charge in [0.1, 0.15) is 17.2 Å². The average Bonchev–Trinajstić information content (AvgIpc) is 3.13. The lowest BCUT2D eigenvalue weighted by atomic mass is 10.1. The molecule has 1 aliphatic heterocycles. The van der Waals surface area contributed by atoms with Crippen molar-refractivity contribution in [1.29, 1.82) is 0 Å². The van der Waals surface area contributed by atoms with E-state index in [-0.39, 0.29) is 5.78 Å². The van der Waals surface area contributed by atoms with Crippen molar-refractivity contribution in [1.82, 2.24) is 4.57 Å². The van der Waals surface area contributed by atoms with Gasteiger partial charge in [0, 0.05) is 35.3 Å². The quantitative estimate of drug-likeness (QED) is 0.668. The lowest BCUT2D eigenvalue weighted by molar-refractivity contribution is 0.101. The van der Waals surface area contributed by atoms with Crippen LogP contribution in [0, 0.1) is 6.92 Å². The zero-order chi connectivity index (χ0) is 18.4. The summed E-state index contributed by atoms with van der Waals surface area (Å²) >= 11 is 0. The number of nitrogens with zero attached hydrogens (tertiary/aromatic N) is 1. The van der Waals surface area contributed by atoms with E-state index >= 15 is 0 Å². The van der Waals surface area contributed by atoms with Crippen LogP contribution in [0.1, 0.15) is 21.5 Å². The molecule has 26 heavy (non-hydrogen) atoms. The fourth-order valence-electron chi connectivity index (χ4n) is 3.37. The van der Waals surface area contributed by atoms with Gasteiger partial charge in [-0.3, -0.25) is 4.79 Å². The van der Waals surface area contributed by atoms with E-state index in [1.807, 2.05) is 42.9 Å². The lowest BCUT2D eigenvalue weighted by Crippen LogP contribution is -1.97. The largest absolute Gasteiger partial charge is 0.497 e. The third kappa shape index (κ3) is 2.36. The highest BCUT2D eigenvalue weighted by Gasteiger charge is 2.30. The molecule has 0 unspecified atom stereocenters. The lowest BCUT2D eigenvalue weighted by Gasteiger charge is -2.07. The molecule has 0 fully saturated rings. The van der Waals surface area contributed by atoms with Gasteiger partial charge in [-0.25, -0.2) is 0 Å². The van der Waals surface area contributed by atoms with Gasteiger partial charge in [-0.05, 0) is 43.3 Å². The fourth-order valence-corrected chi connectivity index (χ4v) is 3.37. The highest BCUT2D eigenvalue weighted by atomic mass is 16.5. The Labute approximate surface area is 151 Å². The van der Waals surface area contributed by atoms with E-state index in [1.165, 1.54) is 0 Å². The molecular weight excluding hydrogens is 330 g/mol. The smallest absolute Gasteiger partial charge is 0.231 e. The van der Waals surface area contributed by atoms with Gasteiger partial charge in [-0.1, -0.05) is 0 Å². The molecule has 132 valence electrons. The first-order chi connectivity index (χ1) is 12.5. The Morgan fingerprint density at radius 2 is 1.92 bits per heavy atom. The number of aromatic nitrogens is 1. The Morgan fingerprint density at radius 3 is 2.65 bits per heavy atom. The molecule has 4 rings (SSSR count). The van der Waals surface area contributed by atoms with Crippen molar-refractivity contribution >= 4 is 22.8 Å². The van der Waals surface area contributed by atoms with Crippen LogP contribution in [0.5, 0.6) is 17.2 Å². The van der Waals surface area contributed by atoms with Gasteiger partial charge < -0.3 is 18.8 Å². The maximum Gasteiger partial charge on any atom is 0.231 e. The minimum atomic E-state index is -0.120. The predicted molar refractivity (Wildman–Crippen MR) is 100 cm³/mol. The first-order valence-corrected chi connectivity index (χ1v) is 8.28. The van der Waals surface area contributed by atoms with Crippen molar-refractivity contribution in [2.24, 2.45) is 7.05 Å². The molecule has 0 atom stereocenters. The summed E-state index contributed by atoms with van der Waals surface area (Å²) in [7, 11) is 5.21. The zero-order valence-electron chi connectivity index (χ0n) is 15.1. The maximum atomic E-state index is 12.8. The predicted octanol–water partition coefficient (Wildman–Crippen LogP) is 4.12. The van der Waals surface area contributed by atoms with Crippen LogP contribution < -0.4 is 14.2 Å². The number of hydrogen-bond acceptors (Lipinski definition) is 4. The average molecular weight is 349 g/mol. The minimum Gasteiger partial charge on any atom is -0.497 e. The van der Waals surface area contributed by atoms with Gasteiger partial charge in [0.15, 0.2) is 5.76 Å². The van der Waals surface area contributed by atoms with Gasteiger partial charge in [0.25, 0.3) is 0 Å². The molecule has 2 aromatic carbocycles. The summed E-state index contributed by atoms with van der Waals surface area (Å²) in [4.78, 5) is 12.8. The van der Waals surface area contributed by atoms with Crippen molar-refractivity contribution in [3.8, 4) is 17.2 Å². The SMILES string of the molecule is COc1ccc2c(c1)c(/C=C1\Oc3c(ccc(OC)c3C)C1=O)cn2C. The number of benzene rings is 2. The van der Waals surface area contributed by atoms with Crippen LogP contribution in [0.3, 0.4) is 0 Å². The molecule has 0 N–H and O–H groups in total. The van der Waals surface area contributed by atoms with Crippen molar-refractivity contribution in [3.63, 3.8) is 0 Å². The molecule has 2 heterocycles. The Bertz CT molecular complexity index is 1080. The third-order valence-electron chi connectivity index (χ3n) is 4.77. The Balaban J connectivity index is 1.82. The summed E-state index contributed by atoms with van der Waals surface area (Å²) in [5.74, 6) is 2.23. The van der Waals surface area contributed by atoms with Gasteiger partial charge in [-0.2, -0.15) is 0 Å². The Hall–Kier alpha value is -3.21. The summed E-state index contributed by atoms with van der Waals surface area (Å²) in [5.41, 5.74) is 3.34. The number of carbonyl (C=O) groups is 1. The standard InChI is InChI=1S/C21H19NO4/c1-12-18(25-4)8-6-15-20(23)19(26-21(12)15)9-13-11-22(2)17-7-5-14(24-3)10-16(13)17/h5-11H,1-4H3/b19-9-. The third-order valence-corrected chi connectivity index (χ3v) is 4.77. The van der Waals surface area contributed by atoms with Gasteiger partial charge >= 0.3 is 0 Å². The molecule has 1 aromatic heterocycles. The van der Waals surface area contributed by atoms with E-state index in [2.05, 4.69) is 0 Å². The number of ketones is 1. The molecule has 0 saturated carbocycles. The summed E-state index contributed by atoms with van der Waals surface area (Å²) < 4.78 is 18.6. The second kappa shape index (κ2) is 5.95. The first kappa shape index (κ1) is 16.3. The number of ether oxygens (including phenoxy) is 3. The Morgan fingerprint density at radius 1 is 1.12 bits per heavy atom. The number of carbonyl (C=O) groups excluding carboxylic acids is 1. The Kier molecular flexibility index (Phi) is 3.72. The van der Waals surface area contributed by atoms with E-state index in [4.69, 9.17) is 14.2 Å². The van der Waals surface area contributed by atoms with Crippen LogP contribution in [0.25, 0.3) is 17.0 Å². The number of rotatable bonds is 3. The number of allylic oxidation sites excluding steroid dienone is 1. The van der Waals surface area contributed by atoms with Crippen molar-refractivity contribution in [2.75, 3.05) is 14.2 Å². The molecule has 5 nitrogen and oxygen atoms in total. The molecule has 0 spiro atoms. The summed E-state index contributed by atoms with van der Waals surface area (Å²) in [6.45, 7) is 1.89. The van der Waals surface area contributed by atoms with Crippen molar-refractivity contribution in [2.45, 2.75) is 6.92 Å². The molecule has 0 aliphatic carbocycles. The van der Waals surface area contributed by atoms with Crippen molar-refractivity contribution in [3.05, 3.63) is 59.0 Å². The second-order valence-electron chi connectivity index (χ2n) is 6.29. The number of hydrogen-bond donors (Lipinski definition) is 0.